The van der Waals surface area contributed by atoms with E-state index in [9.17, 15) is 4.39 Å². The molecule has 0 unspecified atom stereocenters. The number of ether oxygens (including phenoxy) is 1. The van der Waals surface area contributed by atoms with E-state index in [1.165, 1.54) is 17.7 Å². The Hall–Kier alpha value is -2.36. The Bertz CT molecular complexity index is 769. The highest BCUT2D eigenvalue weighted by atomic mass is 19.1. The zero-order valence-electron chi connectivity index (χ0n) is 13.9. The molecule has 124 valence electrons. The number of hydrogen-bond acceptors (Lipinski definition) is 3. The van der Waals surface area contributed by atoms with Crippen LogP contribution in [0.4, 0.5) is 4.39 Å². The predicted molar refractivity (Wildman–Crippen MR) is 92.4 cm³/mol. The van der Waals surface area contributed by atoms with Crippen molar-refractivity contribution in [2.24, 2.45) is 11.0 Å². The largest absolute Gasteiger partial charge is 0.469 e. The first-order valence-electron chi connectivity index (χ1n) is 8.49. The molecule has 2 aromatic carbocycles. The summed E-state index contributed by atoms with van der Waals surface area (Å²) in [5.74, 6) is 1.26. The van der Waals surface area contributed by atoms with Crippen LogP contribution in [0.2, 0.25) is 0 Å². The molecule has 0 saturated heterocycles. The number of nitrogens with zero attached hydrogens (tertiary/aromatic N) is 2. The van der Waals surface area contributed by atoms with Crippen LogP contribution >= 0.6 is 0 Å². The Morgan fingerprint density at radius 2 is 1.92 bits per heavy atom. The van der Waals surface area contributed by atoms with Gasteiger partial charge in [-0.2, -0.15) is 5.10 Å². The van der Waals surface area contributed by atoms with Crippen LogP contribution in [-0.2, 0) is 0 Å². The van der Waals surface area contributed by atoms with E-state index in [2.05, 4.69) is 24.9 Å². The Balaban J connectivity index is 1.70. The first kappa shape index (κ1) is 15.2. The van der Waals surface area contributed by atoms with Crippen molar-refractivity contribution in [3.63, 3.8) is 0 Å². The summed E-state index contributed by atoms with van der Waals surface area (Å²) in [4.78, 5) is 0. The molecule has 2 atom stereocenters. The van der Waals surface area contributed by atoms with E-state index in [4.69, 9.17) is 9.84 Å². The van der Waals surface area contributed by atoms with Crippen molar-refractivity contribution >= 4 is 5.71 Å². The molecular formula is C20H21FN2O. The van der Waals surface area contributed by atoms with Gasteiger partial charge >= 0.3 is 0 Å². The monoisotopic (exact) mass is 324 g/mol. The lowest BCUT2D eigenvalue weighted by atomic mass is 9.96. The summed E-state index contributed by atoms with van der Waals surface area (Å²) in [6.07, 6.45) is 1.69. The Morgan fingerprint density at radius 3 is 2.67 bits per heavy atom. The third-order valence-corrected chi connectivity index (χ3v) is 4.63. The second-order valence-corrected chi connectivity index (χ2v) is 6.89. The van der Waals surface area contributed by atoms with Gasteiger partial charge in [-0.05, 0) is 29.7 Å². The van der Waals surface area contributed by atoms with Crippen molar-refractivity contribution in [3.05, 3.63) is 65.5 Å². The average Bonchev–Trinajstić information content (AvgIpc) is 3.01. The molecule has 4 heteroatoms. The van der Waals surface area contributed by atoms with E-state index < -0.39 is 0 Å². The number of para-hydroxylation sites is 1. The third kappa shape index (κ3) is 2.66. The third-order valence-electron chi connectivity index (χ3n) is 4.63. The van der Waals surface area contributed by atoms with E-state index in [1.54, 1.807) is 12.1 Å². The van der Waals surface area contributed by atoms with Crippen LogP contribution in [0.5, 0.6) is 5.75 Å². The van der Waals surface area contributed by atoms with Crippen LogP contribution in [0.25, 0.3) is 0 Å². The molecule has 2 aromatic rings. The van der Waals surface area contributed by atoms with Crippen LogP contribution in [-0.4, -0.2) is 16.9 Å². The summed E-state index contributed by atoms with van der Waals surface area (Å²) in [5, 5.41) is 6.94. The molecular weight excluding hydrogens is 303 g/mol. The Labute approximate surface area is 141 Å². The maximum atomic E-state index is 13.2. The van der Waals surface area contributed by atoms with Crippen LogP contribution in [0.1, 0.15) is 43.9 Å². The lowest BCUT2D eigenvalue weighted by Gasteiger charge is -2.38. The van der Waals surface area contributed by atoms with Crippen molar-refractivity contribution in [3.8, 4) is 5.75 Å². The zero-order chi connectivity index (χ0) is 16.7. The van der Waals surface area contributed by atoms with E-state index in [1.807, 2.05) is 18.2 Å². The minimum absolute atomic E-state index is 0.0529. The van der Waals surface area contributed by atoms with Gasteiger partial charge in [0, 0.05) is 18.4 Å². The molecule has 4 rings (SSSR count). The maximum Gasteiger partial charge on any atom is 0.188 e. The first-order valence-corrected chi connectivity index (χ1v) is 8.49. The summed E-state index contributed by atoms with van der Waals surface area (Å²) in [5.41, 5.74) is 3.15. The second-order valence-electron chi connectivity index (χ2n) is 6.89. The summed E-state index contributed by atoms with van der Waals surface area (Å²) in [6, 6.07) is 15.0. The fraction of sp³-hybridized carbons (Fsp3) is 0.350. The molecule has 24 heavy (non-hydrogen) atoms. The number of benzene rings is 2. The van der Waals surface area contributed by atoms with E-state index in [-0.39, 0.29) is 18.1 Å². The molecule has 2 heterocycles. The molecule has 0 bridgehead atoms. The Kier molecular flexibility index (Phi) is 3.75. The normalized spacial score (nSPS) is 22.0. The van der Waals surface area contributed by atoms with Gasteiger partial charge < -0.3 is 4.74 Å². The van der Waals surface area contributed by atoms with Crippen molar-refractivity contribution in [2.45, 2.75) is 39.0 Å². The van der Waals surface area contributed by atoms with Gasteiger partial charge in [-0.25, -0.2) is 4.39 Å². The van der Waals surface area contributed by atoms with E-state index >= 15 is 0 Å². The van der Waals surface area contributed by atoms with Gasteiger partial charge in [-0.3, -0.25) is 5.01 Å². The molecule has 0 N–H and O–H groups in total. The van der Waals surface area contributed by atoms with Crippen molar-refractivity contribution in [1.82, 2.24) is 5.01 Å². The van der Waals surface area contributed by atoms with Gasteiger partial charge in [0.25, 0.3) is 0 Å². The van der Waals surface area contributed by atoms with E-state index in [0.717, 1.165) is 29.9 Å². The van der Waals surface area contributed by atoms with Gasteiger partial charge in [-0.15, -0.1) is 0 Å². The number of hydrazone groups is 1. The molecule has 2 aliphatic heterocycles. The van der Waals surface area contributed by atoms with Gasteiger partial charge in [0.05, 0.1) is 11.8 Å². The quantitative estimate of drug-likeness (QED) is 0.814. The van der Waals surface area contributed by atoms with Gasteiger partial charge in [-0.1, -0.05) is 44.2 Å². The van der Waals surface area contributed by atoms with Crippen molar-refractivity contribution in [1.29, 1.82) is 0 Å². The molecule has 2 aliphatic rings. The van der Waals surface area contributed by atoms with Crippen molar-refractivity contribution in [2.75, 3.05) is 0 Å². The summed E-state index contributed by atoms with van der Waals surface area (Å²) < 4.78 is 19.4. The molecule has 0 saturated carbocycles. The fourth-order valence-corrected chi connectivity index (χ4v) is 3.49. The molecule has 0 radical (unpaired) electrons. The lowest BCUT2D eigenvalue weighted by Crippen LogP contribution is -2.41. The van der Waals surface area contributed by atoms with Crippen LogP contribution < -0.4 is 4.74 Å². The lowest BCUT2D eigenvalue weighted by molar-refractivity contribution is -0.0291. The molecule has 0 fully saturated rings. The van der Waals surface area contributed by atoms with Crippen LogP contribution in [0.15, 0.2) is 53.6 Å². The minimum Gasteiger partial charge on any atom is -0.469 e. The number of rotatable bonds is 3. The highest BCUT2D eigenvalue weighted by Crippen LogP contribution is 2.43. The topological polar surface area (TPSA) is 24.8 Å². The average molecular weight is 324 g/mol. The SMILES string of the molecule is CC(C)C[C@H]1Oc2ccccc2[C@H]2CC(c3ccc(F)cc3)=NN21. The predicted octanol–water partition coefficient (Wildman–Crippen LogP) is 4.74. The Morgan fingerprint density at radius 1 is 1.17 bits per heavy atom. The first-order chi connectivity index (χ1) is 11.6. The molecule has 0 aromatic heterocycles. The van der Waals surface area contributed by atoms with Gasteiger partial charge in [0.15, 0.2) is 6.23 Å². The summed E-state index contributed by atoms with van der Waals surface area (Å²) >= 11 is 0. The zero-order valence-corrected chi connectivity index (χ0v) is 13.9. The standard InChI is InChI=1S/C20H21FN2O/c1-13(2)11-20-23-18(16-5-3-4-6-19(16)24-20)12-17(22-23)14-7-9-15(21)10-8-14/h3-10,13,18,20H,11-12H2,1-2H3/t18-,20-/m1/s1. The number of hydrogen-bond donors (Lipinski definition) is 0. The van der Waals surface area contributed by atoms with E-state index in [0.29, 0.717) is 5.92 Å². The summed E-state index contributed by atoms with van der Waals surface area (Å²) in [6.45, 7) is 4.39. The number of halogens is 1. The maximum absolute atomic E-state index is 13.2. The molecule has 0 amide bonds. The minimum atomic E-state index is -0.221. The van der Waals surface area contributed by atoms with Gasteiger partial charge in [0.2, 0.25) is 0 Å². The highest BCUT2D eigenvalue weighted by molar-refractivity contribution is 6.01. The molecule has 0 aliphatic carbocycles. The van der Waals surface area contributed by atoms with Crippen molar-refractivity contribution < 1.29 is 9.13 Å². The molecule has 0 spiro atoms. The second kappa shape index (κ2) is 5.93. The summed E-state index contributed by atoms with van der Waals surface area (Å²) in [7, 11) is 0. The van der Waals surface area contributed by atoms with Crippen LogP contribution in [0, 0.1) is 11.7 Å². The highest BCUT2D eigenvalue weighted by Gasteiger charge is 2.40. The van der Waals surface area contributed by atoms with Gasteiger partial charge in [0.1, 0.15) is 11.6 Å². The number of fused-ring (bicyclic) bond motifs is 3. The fourth-order valence-electron chi connectivity index (χ4n) is 3.49. The van der Waals surface area contributed by atoms with Crippen LogP contribution in [0.3, 0.4) is 0 Å². The molecule has 3 nitrogen and oxygen atoms in total. The smallest absolute Gasteiger partial charge is 0.188 e.